The molecule has 122 valence electrons. The number of carbonyl (C=O) groups is 1. The second kappa shape index (κ2) is 7.26. The van der Waals surface area contributed by atoms with Crippen molar-refractivity contribution in [3.8, 4) is 17.0 Å². The second-order valence-electron chi connectivity index (χ2n) is 5.30. The Morgan fingerprint density at radius 1 is 1.30 bits per heavy atom. The molecule has 1 aromatic heterocycles. The molecule has 7 nitrogen and oxygen atoms in total. The fraction of sp³-hybridized carbons (Fsp3) is 0.375. The van der Waals surface area contributed by atoms with E-state index in [1.54, 1.807) is 24.3 Å². The number of hydrogen-bond acceptors (Lipinski definition) is 6. The standard InChI is InChI=1S/C16H19N3O4/c20-14-4-2-1-3-12(14)13-11-15(23-18-13)16(21)17-5-6-19-7-9-22-10-8-19/h1-4,11,20H,5-10H2,(H,17,21). The zero-order chi connectivity index (χ0) is 16.1. The maximum absolute atomic E-state index is 12.1. The monoisotopic (exact) mass is 317 g/mol. The third-order valence-electron chi connectivity index (χ3n) is 3.73. The van der Waals surface area contributed by atoms with Crippen LogP contribution in [0.15, 0.2) is 34.9 Å². The van der Waals surface area contributed by atoms with E-state index in [9.17, 15) is 9.90 Å². The van der Waals surface area contributed by atoms with Gasteiger partial charge in [-0.3, -0.25) is 9.69 Å². The first kappa shape index (κ1) is 15.5. The molecule has 1 aliphatic rings. The van der Waals surface area contributed by atoms with Crippen LogP contribution in [0.4, 0.5) is 0 Å². The highest BCUT2D eigenvalue weighted by Crippen LogP contribution is 2.27. The van der Waals surface area contributed by atoms with Crippen molar-refractivity contribution in [2.24, 2.45) is 0 Å². The van der Waals surface area contributed by atoms with Gasteiger partial charge in [-0.05, 0) is 12.1 Å². The number of para-hydroxylation sites is 1. The number of nitrogens with one attached hydrogen (secondary N) is 1. The van der Waals surface area contributed by atoms with Gasteiger partial charge in [0.05, 0.1) is 13.2 Å². The van der Waals surface area contributed by atoms with Gasteiger partial charge in [-0.2, -0.15) is 0 Å². The van der Waals surface area contributed by atoms with Crippen LogP contribution in [0.25, 0.3) is 11.3 Å². The summed E-state index contributed by atoms with van der Waals surface area (Å²) in [6, 6.07) is 8.31. The van der Waals surface area contributed by atoms with Gasteiger partial charge in [0.25, 0.3) is 5.91 Å². The summed E-state index contributed by atoms with van der Waals surface area (Å²) in [6.07, 6.45) is 0. The van der Waals surface area contributed by atoms with E-state index in [1.807, 2.05) is 0 Å². The Morgan fingerprint density at radius 3 is 2.87 bits per heavy atom. The van der Waals surface area contributed by atoms with E-state index in [2.05, 4.69) is 15.4 Å². The van der Waals surface area contributed by atoms with Crippen molar-refractivity contribution in [2.45, 2.75) is 0 Å². The lowest BCUT2D eigenvalue weighted by Crippen LogP contribution is -2.41. The Kier molecular flexibility index (Phi) is 4.89. The Labute approximate surface area is 133 Å². The van der Waals surface area contributed by atoms with Crippen LogP contribution in [-0.2, 0) is 4.74 Å². The Balaban J connectivity index is 1.55. The third-order valence-corrected chi connectivity index (χ3v) is 3.73. The predicted octanol–water partition coefficient (Wildman–Crippen LogP) is 1.11. The summed E-state index contributed by atoms with van der Waals surface area (Å²) in [4.78, 5) is 14.3. The summed E-state index contributed by atoms with van der Waals surface area (Å²) in [7, 11) is 0. The number of phenols is 1. The molecule has 0 bridgehead atoms. The number of benzene rings is 1. The molecule has 2 heterocycles. The first-order valence-corrected chi connectivity index (χ1v) is 7.57. The molecule has 0 saturated carbocycles. The molecule has 0 aliphatic carbocycles. The van der Waals surface area contributed by atoms with E-state index in [0.717, 1.165) is 32.8 Å². The molecular weight excluding hydrogens is 298 g/mol. The molecule has 7 heteroatoms. The molecule has 0 radical (unpaired) electrons. The van der Waals surface area contributed by atoms with Crippen molar-refractivity contribution in [2.75, 3.05) is 39.4 Å². The SMILES string of the molecule is O=C(NCCN1CCOCC1)c1cc(-c2ccccc2O)no1. The lowest BCUT2D eigenvalue weighted by atomic mass is 10.1. The number of carbonyl (C=O) groups excluding carboxylic acids is 1. The molecule has 1 aromatic carbocycles. The van der Waals surface area contributed by atoms with E-state index in [4.69, 9.17) is 9.26 Å². The molecule has 23 heavy (non-hydrogen) atoms. The third kappa shape index (κ3) is 3.88. The number of phenolic OH excluding ortho intramolecular Hbond substituents is 1. The van der Waals surface area contributed by atoms with Crippen molar-refractivity contribution in [3.63, 3.8) is 0 Å². The number of nitrogens with zero attached hydrogens (tertiary/aromatic N) is 2. The van der Waals surface area contributed by atoms with Gasteiger partial charge < -0.3 is 19.7 Å². The summed E-state index contributed by atoms with van der Waals surface area (Å²) in [5, 5.41) is 16.5. The smallest absolute Gasteiger partial charge is 0.289 e. The van der Waals surface area contributed by atoms with E-state index < -0.39 is 0 Å². The lowest BCUT2D eigenvalue weighted by Gasteiger charge is -2.26. The summed E-state index contributed by atoms with van der Waals surface area (Å²) in [6.45, 7) is 4.55. The number of amides is 1. The first-order chi connectivity index (χ1) is 11.2. The van der Waals surface area contributed by atoms with Crippen LogP contribution in [0.1, 0.15) is 10.6 Å². The quantitative estimate of drug-likeness (QED) is 0.859. The summed E-state index contributed by atoms with van der Waals surface area (Å²) < 4.78 is 10.3. The fourth-order valence-corrected chi connectivity index (χ4v) is 2.44. The average Bonchev–Trinajstić information content (AvgIpc) is 3.06. The number of ether oxygens (including phenoxy) is 1. The zero-order valence-electron chi connectivity index (χ0n) is 12.7. The van der Waals surface area contributed by atoms with Crippen molar-refractivity contribution < 1.29 is 19.2 Å². The van der Waals surface area contributed by atoms with Gasteiger partial charge in [0.1, 0.15) is 11.4 Å². The number of rotatable bonds is 5. The van der Waals surface area contributed by atoms with Crippen molar-refractivity contribution >= 4 is 5.91 Å². The minimum Gasteiger partial charge on any atom is -0.507 e. The molecule has 2 aromatic rings. The number of aromatic nitrogens is 1. The highest BCUT2D eigenvalue weighted by atomic mass is 16.5. The van der Waals surface area contributed by atoms with Crippen molar-refractivity contribution in [1.82, 2.24) is 15.4 Å². The van der Waals surface area contributed by atoms with Crippen LogP contribution in [0.2, 0.25) is 0 Å². The van der Waals surface area contributed by atoms with Gasteiger partial charge in [0.2, 0.25) is 5.76 Å². The maximum atomic E-state index is 12.1. The van der Waals surface area contributed by atoms with Crippen LogP contribution >= 0.6 is 0 Å². The number of hydrogen-bond donors (Lipinski definition) is 2. The zero-order valence-corrected chi connectivity index (χ0v) is 12.7. The number of morpholine rings is 1. The summed E-state index contributed by atoms with van der Waals surface area (Å²) in [5.74, 6) is -0.0854. The lowest BCUT2D eigenvalue weighted by molar-refractivity contribution is 0.0382. The van der Waals surface area contributed by atoms with Gasteiger partial charge in [-0.25, -0.2) is 0 Å². The van der Waals surface area contributed by atoms with Gasteiger partial charge >= 0.3 is 0 Å². The van der Waals surface area contributed by atoms with Crippen LogP contribution in [0, 0.1) is 0 Å². The summed E-state index contributed by atoms with van der Waals surface area (Å²) in [5.41, 5.74) is 0.963. The first-order valence-electron chi connectivity index (χ1n) is 7.57. The highest BCUT2D eigenvalue weighted by Gasteiger charge is 2.16. The molecule has 0 unspecified atom stereocenters. The van der Waals surface area contributed by atoms with E-state index in [-0.39, 0.29) is 17.4 Å². The van der Waals surface area contributed by atoms with E-state index in [1.165, 1.54) is 6.07 Å². The van der Waals surface area contributed by atoms with Crippen molar-refractivity contribution in [3.05, 3.63) is 36.1 Å². The molecular formula is C16H19N3O4. The van der Waals surface area contributed by atoms with E-state index in [0.29, 0.717) is 17.8 Å². The highest BCUT2D eigenvalue weighted by molar-refractivity contribution is 5.92. The van der Waals surface area contributed by atoms with Crippen LogP contribution < -0.4 is 5.32 Å². The Hall–Kier alpha value is -2.38. The second-order valence-corrected chi connectivity index (χ2v) is 5.30. The largest absolute Gasteiger partial charge is 0.507 e. The minimum atomic E-state index is -0.313. The molecule has 1 aliphatic heterocycles. The topological polar surface area (TPSA) is 87.8 Å². The molecule has 1 saturated heterocycles. The predicted molar refractivity (Wildman–Crippen MR) is 83.2 cm³/mol. The fourth-order valence-electron chi connectivity index (χ4n) is 2.44. The maximum Gasteiger partial charge on any atom is 0.289 e. The van der Waals surface area contributed by atoms with Crippen LogP contribution in [-0.4, -0.2) is 60.5 Å². The molecule has 1 amide bonds. The van der Waals surface area contributed by atoms with Gasteiger partial charge in [0, 0.05) is 37.8 Å². The van der Waals surface area contributed by atoms with Crippen LogP contribution in [0.5, 0.6) is 5.75 Å². The molecule has 3 rings (SSSR count). The number of aromatic hydroxyl groups is 1. The summed E-state index contributed by atoms with van der Waals surface area (Å²) >= 11 is 0. The van der Waals surface area contributed by atoms with E-state index >= 15 is 0 Å². The molecule has 2 N–H and O–H groups in total. The average molecular weight is 317 g/mol. The van der Waals surface area contributed by atoms with Gasteiger partial charge in [0.15, 0.2) is 0 Å². The van der Waals surface area contributed by atoms with Crippen molar-refractivity contribution in [1.29, 1.82) is 0 Å². The van der Waals surface area contributed by atoms with Crippen LogP contribution in [0.3, 0.4) is 0 Å². The Morgan fingerprint density at radius 2 is 2.09 bits per heavy atom. The minimum absolute atomic E-state index is 0.0973. The van der Waals surface area contributed by atoms with Gasteiger partial charge in [-0.15, -0.1) is 0 Å². The Bertz CT molecular complexity index is 665. The molecule has 1 fully saturated rings. The molecule has 0 atom stereocenters. The normalized spacial score (nSPS) is 15.5. The van der Waals surface area contributed by atoms with Gasteiger partial charge in [-0.1, -0.05) is 17.3 Å². The molecule has 0 spiro atoms.